The van der Waals surface area contributed by atoms with Gasteiger partial charge in [-0.3, -0.25) is 0 Å². The maximum absolute atomic E-state index is 5.73. The van der Waals surface area contributed by atoms with Gasteiger partial charge in [0.1, 0.15) is 0 Å². The summed E-state index contributed by atoms with van der Waals surface area (Å²) in [4.78, 5) is 1.52. The van der Waals surface area contributed by atoms with Crippen LogP contribution < -0.4 is 5.32 Å². The number of hydrogen-bond donors (Lipinski definition) is 1. The Bertz CT molecular complexity index is 295. The fourth-order valence-electron chi connectivity index (χ4n) is 1.86. The van der Waals surface area contributed by atoms with Crippen LogP contribution in [0.2, 0.25) is 0 Å². The van der Waals surface area contributed by atoms with Crippen molar-refractivity contribution in [1.82, 2.24) is 5.32 Å². The van der Waals surface area contributed by atoms with E-state index in [1.807, 2.05) is 18.4 Å². The number of thiophene rings is 1. The van der Waals surface area contributed by atoms with Gasteiger partial charge in [0.15, 0.2) is 0 Å². The van der Waals surface area contributed by atoms with Crippen molar-refractivity contribution in [3.05, 3.63) is 21.4 Å². The Balaban J connectivity index is 2.29. The second-order valence-electron chi connectivity index (χ2n) is 3.42. The summed E-state index contributed by atoms with van der Waals surface area (Å²) in [5, 5.41) is 5.41. The average Bonchev–Trinajstić information content (AvgIpc) is 2.50. The summed E-state index contributed by atoms with van der Waals surface area (Å²) in [6.45, 7) is 3.97. The Kier molecular flexibility index (Phi) is 2.67. The van der Waals surface area contributed by atoms with Gasteiger partial charge in [0.25, 0.3) is 0 Å². The van der Waals surface area contributed by atoms with E-state index in [4.69, 9.17) is 4.74 Å². The highest BCUT2D eigenvalue weighted by atomic mass is 32.1. The first kappa shape index (κ1) is 9.19. The molecule has 1 atom stereocenters. The third-order valence-electron chi connectivity index (χ3n) is 2.46. The van der Waals surface area contributed by atoms with Crippen LogP contribution in [0, 0.1) is 6.92 Å². The molecule has 13 heavy (non-hydrogen) atoms. The molecule has 1 aromatic rings. The van der Waals surface area contributed by atoms with Gasteiger partial charge in [-0.15, -0.1) is 11.3 Å². The van der Waals surface area contributed by atoms with Gasteiger partial charge in [0, 0.05) is 17.8 Å². The fraction of sp³-hybridized carbons (Fsp3) is 0.600. The first-order valence-electron chi connectivity index (χ1n) is 4.66. The molecule has 0 saturated heterocycles. The van der Waals surface area contributed by atoms with Crippen molar-refractivity contribution in [2.75, 3.05) is 20.2 Å². The maximum atomic E-state index is 5.73. The average molecular weight is 197 g/mol. The van der Waals surface area contributed by atoms with Gasteiger partial charge in [-0.2, -0.15) is 0 Å². The van der Waals surface area contributed by atoms with E-state index < -0.39 is 0 Å². The number of fused-ring (bicyclic) bond motifs is 1. The number of likely N-dealkylation sites (N-methyl/N-ethyl adjacent to an activating group) is 1. The number of aryl methyl sites for hydroxylation is 1. The van der Waals surface area contributed by atoms with E-state index in [0.717, 1.165) is 19.6 Å². The molecule has 2 heterocycles. The van der Waals surface area contributed by atoms with Crippen LogP contribution in [0.3, 0.4) is 0 Å². The van der Waals surface area contributed by atoms with Crippen molar-refractivity contribution >= 4 is 11.3 Å². The van der Waals surface area contributed by atoms with Gasteiger partial charge in [-0.1, -0.05) is 0 Å². The highest BCUT2D eigenvalue weighted by Gasteiger charge is 2.23. The zero-order chi connectivity index (χ0) is 9.26. The number of nitrogens with one attached hydrogen (secondary N) is 1. The van der Waals surface area contributed by atoms with Gasteiger partial charge in [0.2, 0.25) is 0 Å². The van der Waals surface area contributed by atoms with Crippen molar-refractivity contribution in [3.8, 4) is 0 Å². The molecule has 0 radical (unpaired) electrons. The molecule has 1 aliphatic heterocycles. The van der Waals surface area contributed by atoms with E-state index in [-0.39, 0.29) is 6.10 Å². The molecular formula is C10H15NOS. The minimum absolute atomic E-state index is 0.278. The molecule has 1 aromatic heterocycles. The topological polar surface area (TPSA) is 21.3 Å². The Morgan fingerprint density at radius 2 is 2.54 bits per heavy atom. The Labute approximate surface area is 82.9 Å². The molecule has 0 fully saturated rings. The van der Waals surface area contributed by atoms with E-state index in [9.17, 15) is 0 Å². The van der Waals surface area contributed by atoms with Crippen molar-refractivity contribution in [2.24, 2.45) is 0 Å². The van der Waals surface area contributed by atoms with Crippen LogP contribution in [-0.2, 0) is 11.2 Å². The third kappa shape index (κ3) is 1.64. The summed E-state index contributed by atoms with van der Waals surface area (Å²) < 4.78 is 5.73. The summed E-state index contributed by atoms with van der Waals surface area (Å²) >= 11 is 1.87. The molecule has 0 aromatic carbocycles. The van der Waals surface area contributed by atoms with E-state index in [1.165, 1.54) is 16.0 Å². The number of ether oxygens (including phenoxy) is 1. The molecule has 0 spiro atoms. The van der Waals surface area contributed by atoms with Crippen LogP contribution in [0.1, 0.15) is 22.1 Å². The first-order chi connectivity index (χ1) is 6.33. The smallest absolute Gasteiger partial charge is 0.0962 e. The molecule has 0 amide bonds. The SMILES string of the molecule is CNC[C@H]1OCCc2scc(C)c21. The third-order valence-corrected chi connectivity index (χ3v) is 3.64. The minimum Gasteiger partial charge on any atom is -0.372 e. The molecular weight excluding hydrogens is 182 g/mol. The molecule has 0 unspecified atom stereocenters. The van der Waals surface area contributed by atoms with Crippen LogP contribution in [0.5, 0.6) is 0 Å². The number of hydrogen-bond acceptors (Lipinski definition) is 3. The summed E-state index contributed by atoms with van der Waals surface area (Å²) in [6.07, 6.45) is 1.37. The van der Waals surface area contributed by atoms with E-state index in [0.29, 0.717) is 0 Å². The molecule has 0 aliphatic carbocycles. The largest absolute Gasteiger partial charge is 0.372 e. The van der Waals surface area contributed by atoms with Gasteiger partial charge in [-0.05, 0) is 30.5 Å². The summed E-state index contributed by atoms with van der Waals surface area (Å²) in [6, 6.07) is 0. The lowest BCUT2D eigenvalue weighted by Gasteiger charge is -2.24. The summed E-state index contributed by atoms with van der Waals surface area (Å²) in [5.74, 6) is 0. The monoisotopic (exact) mass is 197 g/mol. The predicted octanol–water partition coefficient (Wildman–Crippen LogP) is 1.89. The normalized spacial score (nSPS) is 21.5. The minimum atomic E-state index is 0.278. The molecule has 1 aliphatic rings. The van der Waals surface area contributed by atoms with Crippen LogP contribution in [0.4, 0.5) is 0 Å². The van der Waals surface area contributed by atoms with E-state index in [2.05, 4.69) is 17.6 Å². The lowest BCUT2D eigenvalue weighted by atomic mass is 10.0. The maximum Gasteiger partial charge on any atom is 0.0962 e. The Morgan fingerprint density at radius 1 is 1.69 bits per heavy atom. The van der Waals surface area contributed by atoms with Crippen molar-refractivity contribution in [2.45, 2.75) is 19.4 Å². The van der Waals surface area contributed by atoms with Crippen molar-refractivity contribution in [3.63, 3.8) is 0 Å². The van der Waals surface area contributed by atoms with Crippen LogP contribution >= 0.6 is 11.3 Å². The van der Waals surface area contributed by atoms with Crippen molar-refractivity contribution in [1.29, 1.82) is 0 Å². The van der Waals surface area contributed by atoms with E-state index in [1.54, 1.807) is 0 Å². The molecule has 3 heteroatoms. The zero-order valence-corrected chi connectivity index (χ0v) is 8.91. The summed E-state index contributed by atoms with van der Waals surface area (Å²) in [5.41, 5.74) is 2.82. The van der Waals surface area contributed by atoms with Crippen LogP contribution in [0.15, 0.2) is 5.38 Å². The molecule has 72 valence electrons. The Morgan fingerprint density at radius 3 is 3.31 bits per heavy atom. The summed E-state index contributed by atoms with van der Waals surface area (Å²) in [7, 11) is 1.97. The van der Waals surface area contributed by atoms with Gasteiger partial charge >= 0.3 is 0 Å². The van der Waals surface area contributed by atoms with Gasteiger partial charge < -0.3 is 10.1 Å². The van der Waals surface area contributed by atoms with Crippen molar-refractivity contribution < 1.29 is 4.74 Å². The molecule has 0 bridgehead atoms. The standard InChI is InChI=1S/C10H15NOS/c1-7-6-13-9-3-4-12-8(5-11-2)10(7)9/h6,8,11H,3-5H2,1-2H3/t8-/m1/s1. The van der Waals surface area contributed by atoms with Crippen LogP contribution in [0.25, 0.3) is 0 Å². The molecule has 2 nitrogen and oxygen atoms in total. The Hall–Kier alpha value is -0.380. The van der Waals surface area contributed by atoms with Gasteiger partial charge in [-0.25, -0.2) is 0 Å². The number of rotatable bonds is 2. The molecule has 0 saturated carbocycles. The second-order valence-corrected chi connectivity index (χ2v) is 4.39. The predicted molar refractivity (Wildman–Crippen MR) is 55.4 cm³/mol. The van der Waals surface area contributed by atoms with Gasteiger partial charge in [0.05, 0.1) is 12.7 Å². The molecule has 2 rings (SSSR count). The lowest BCUT2D eigenvalue weighted by Crippen LogP contribution is -2.24. The zero-order valence-electron chi connectivity index (χ0n) is 8.09. The molecule has 1 N–H and O–H groups in total. The highest BCUT2D eigenvalue weighted by Crippen LogP contribution is 2.33. The lowest BCUT2D eigenvalue weighted by molar-refractivity contribution is 0.0447. The fourth-order valence-corrected chi connectivity index (χ4v) is 2.92. The first-order valence-corrected chi connectivity index (χ1v) is 5.54. The van der Waals surface area contributed by atoms with E-state index >= 15 is 0 Å². The van der Waals surface area contributed by atoms with Crippen LogP contribution in [-0.4, -0.2) is 20.2 Å². The highest BCUT2D eigenvalue weighted by molar-refractivity contribution is 7.10. The quantitative estimate of drug-likeness (QED) is 0.781. The second kappa shape index (κ2) is 3.78.